The Hall–Kier alpha value is 0.229. The molecule has 2 aromatic rings. The second-order valence-electron chi connectivity index (χ2n) is 2.12. The van der Waals surface area contributed by atoms with Crippen LogP contribution in [0.3, 0.4) is 0 Å². The number of aromatic nitrogens is 2. The monoisotopic (exact) mass is 358 g/mol. The third kappa shape index (κ3) is 1.27. The summed E-state index contributed by atoms with van der Waals surface area (Å²) in [5.41, 5.74) is 1.38. The quantitative estimate of drug-likeness (QED) is 0.533. The molecule has 0 saturated carbocycles. The molecule has 0 aliphatic rings. The van der Waals surface area contributed by atoms with Crippen LogP contribution in [0.15, 0.2) is 15.0 Å². The van der Waals surface area contributed by atoms with E-state index in [1.807, 2.05) is 0 Å². The number of hydrogen-bond acceptors (Lipinski definition) is 2. The van der Waals surface area contributed by atoms with Crippen LogP contribution in [0.25, 0.3) is 11.0 Å². The average Bonchev–Trinajstić information content (AvgIpc) is 2.48. The van der Waals surface area contributed by atoms with E-state index in [0.717, 1.165) is 5.52 Å². The second-order valence-corrected chi connectivity index (χ2v) is 4.87. The van der Waals surface area contributed by atoms with Gasteiger partial charge in [0.05, 0.1) is 0 Å². The van der Waals surface area contributed by atoms with Gasteiger partial charge in [-0.05, 0) is 0 Å². The first kappa shape index (κ1) is 8.81. The summed E-state index contributed by atoms with van der Waals surface area (Å²) in [6.45, 7) is 0. The van der Waals surface area contributed by atoms with Crippen LogP contribution in [0.4, 0.5) is 4.39 Å². The normalized spacial score (nSPS) is 10.9. The van der Waals surface area contributed by atoms with Gasteiger partial charge in [0.15, 0.2) is 0 Å². The van der Waals surface area contributed by atoms with Gasteiger partial charge in [-0.15, -0.1) is 0 Å². The van der Waals surface area contributed by atoms with E-state index in [1.54, 1.807) is 0 Å². The number of halogens is 3. The molecule has 2 rings (SSSR count). The molecule has 0 radical (unpaired) electrons. The first-order valence-electron chi connectivity index (χ1n) is 2.96. The predicted molar refractivity (Wildman–Crippen MR) is 51.8 cm³/mol. The Morgan fingerprint density at radius 3 is 2.67 bits per heavy atom. The van der Waals surface area contributed by atoms with Gasteiger partial charge in [0.25, 0.3) is 0 Å². The van der Waals surface area contributed by atoms with Crippen LogP contribution in [-0.4, -0.2) is 22.9 Å². The summed E-state index contributed by atoms with van der Waals surface area (Å²) in [4.78, 5) is 0. The first-order valence-corrected chi connectivity index (χ1v) is 6.07. The Bertz CT molecular complexity index is 442. The molecule has 0 unspecified atom stereocenters. The molecule has 6 heteroatoms. The van der Waals surface area contributed by atoms with E-state index in [2.05, 4.69) is 39.8 Å². The van der Waals surface area contributed by atoms with Gasteiger partial charge in [0, 0.05) is 0 Å². The molecule has 0 aliphatic carbocycles. The number of hydrogen-bond donors (Lipinski definition) is 0. The van der Waals surface area contributed by atoms with Crippen LogP contribution in [0.1, 0.15) is 0 Å². The molecule has 1 aromatic heterocycles. The Kier molecular flexibility index (Phi) is 2.33. The average molecular weight is 359 g/mol. The molecule has 0 amide bonds. The summed E-state index contributed by atoms with van der Waals surface area (Å²) >= 11 is 6.23. The van der Waals surface area contributed by atoms with Crippen molar-refractivity contribution in [2.45, 2.75) is 0 Å². The van der Waals surface area contributed by atoms with Gasteiger partial charge >= 0.3 is 91.0 Å². The Morgan fingerprint density at radius 1 is 1.25 bits per heavy atom. The third-order valence-corrected chi connectivity index (χ3v) is 3.85. The SMILES string of the molecule is Fc1cc(Br)c2n[se]nc2c1Br. The van der Waals surface area contributed by atoms with Crippen molar-refractivity contribution in [2.24, 2.45) is 0 Å². The van der Waals surface area contributed by atoms with E-state index < -0.39 is 0 Å². The Morgan fingerprint density at radius 2 is 1.92 bits per heavy atom. The number of benzene rings is 1. The number of nitrogens with zero attached hydrogens (tertiary/aromatic N) is 2. The standard InChI is InChI=1S/C6HBr2FN2Se/c7-2-1-3(9)4(8)6-5(2)10-12-11-6/h1H. The van der Waals surface area contributed by atoms with Crippen molar-refractivity contribution >= 4 is 57.9 Å². The third-order valence-electron chi connectivity index (χ3n) is 1.39. The van der Waals surface area contributed by atoms with E-state index in [9.17, 15) is 4.39 Å². The fourth-order valence-corrected chi connectivity index (χ4v) is 3.43. The van der Waals surface area contributed by atoms with Gasteiger partial charge in [-0.2, -0.15) is 0 Å². The molecule has 0 spiro atoms. The predicted octanol–water partition coefficient (Wildman–Crippen LogP) is 2.35. The summed E-state index contributed by atoms with van der Waals surface area (Å²) in [6.07, 6.45) is 0. The van der Waals surface area contributed by atoms with Crippen molar-refractivity contribution < 1.29 is 4.39 Å². The summed E-state index contributed by atoms with van der Waals surface area (Å²) in [5, 5.41) is 0. The van der Waals surface area contributed by atoms with Gasteiger partial charge in [-0.3, -0.25) is 0 Å². The van der Waals surface area contributed by atoms with Crippen molar-refractivity contribution in [3.8, 4) is 0 Å². The molecule has 0 N–H and O–H groups in total. The molecule has 1 aromatic carbocycles. The van der Waals surface area contributed by atoms with E-state index in [0.29, 0.717) is 14.5 Å². The number of fused-ring (bicyclic) bond motifs is 1. The zero-order valence-electron chi connectivity index (χ0n) is 5.51. The molecule has 2 nitrogen and oxygen atoms in total. The van der Waals surface area contributed by atoms with Crippen LogP contribution in [0, 0.1) is 5.82 Å². The van der Waals surface area contributed by atoms with Gasteiger partial charge in [-0.1, -0.05) is 0 Å². The zero-order valence-corrected chi connectivity index (χ0v) is 10.4. The van der Waals surface area contributed by atoms with Gasteiger partial charge in [0.1, 0.15) is 0 Å². The van der Waals surface area contributed by atoms with Crippen LogP contribution < -0.4 is 0 Å². The van der Waals surface area contributed by atoms with E-state index in [4.69, 9.17) is 0 Å². The van der Waals surface area contributed by atoms with Crippen LogP contribution in [-0.2, 0) is 0 Å². The summed E-state index contributed by atoms with van der Waals surface area (Å²) in [7, 11) is 0. The zero-order chi connectivity index (χ0) is 8.72. The molecular weight excluding hydrogens is 358 g/mol. The molecule has 0 atom stereocenters. The maximum atomic E-state index is 13.1. The summed E-state index contributed by atoms with van der Waals surface area (Å²) < 4.78 is 22.4. The number of rotatable bonds is 0. The molecule has 0 saturated heterocycles. The van der Waals surface area contributed by atoms with Crippen molar-refractivity contribution in [1.29, 1.82) is 0 Å². The molecule has 0 bridgehead atoms. The van der Waals surface area contributed by atoms with Gasteiger partial charge in [-0.25, -0.2) is 0 Å². The topological polar surface area (TPSA) is 25.8 Å². The fraction of sp³-hybridized carbons (Fsp3) is 0. The van der Waals surface area contributed by atoms with Gasteiger partial charge in [0.2, 0.25) is 0 Å². The summed E-state index contributed by atoms with van der Waals surface area (Å²) in [6, 6.07) is 1.39. The van der Waals surface area contributed by atoms with E-state index >= 15 is 0 Å². The van der Waals surface area contributed by atoms with Crippen LogP contribution in [0.5, 0.6) is 0 Å². The first-order chi connectivity index (χ1) is 5.70. The van der Waals surface area contributed by atoms with Crippen LogP contribution >= 0.6 is 31.9 Å². The van der Waals surface area contributed by atoms with Crippen molar-refractivity contribution in [3.63, 3.8) is 0 Å². The molecule has 12 heavy (non-hydrogen) atoms. The second kappa shape index (κ2) is 3.18. The minimum atomic E-state index is -0.308. The maximum absolute atomic E-state index is 13.1. The fourth-order valence-electron chi connectivity index (χ4n) is 0.845. The van der Waals surface area contributed by atoms with Crippen LogP contribution in [0.2, 0.25) is 0 Å². The Balaban J connectivity index is 2.97. The van der Waals surface area contributed by atoms with Crippen molar-refractivity contribution in [3.05, 3.63) is 20.8 Å². The minimum absolute atomic E-state index is 0.124. The Labute approximate surface area is 90.7 Å². The summed E-state index contributed by atoms with van der Waals surface area (Å²) in [5.74, 6) is -0.308. The molecule has 62 valence electrons. The van der Waals surface area contributed by atoms with E-state index in [1.165, 1.54) is 6.07 Å². The van der Waals surface area contributed by atoms with Crippen molar-refractivity contribution in [2.75, 3.05) is 0 Å². The molecule has 1 heterocycles. The van der Waals surface area contributed by atoms with Crippen molar-refractivity contribution in [1.82, 2.24) is 7.96 Å². The molecule has 0 fully saturated rings. The molecule has 0 aliphatic heterocycles. The molecular formula is C6HBr2FN2Se. The van der Waals surface area contributed by atoms with E-state index in [-0.39, 0.29) is 20.8 Å². The van der Waals surface area contributed by atoms with Gasteiger partial charge < -0.3 is 0 Å².